The third-order valence-electron chi connectivity index (χ3n) is 7.39. The third kappa shape index (κ3) is 3.27. The van der Waals surface area contributed by atoms with Crippen LogP contribution >= 0.6 is 0 Å². The highest BCUT2D eigenvalue weighted by atomic mass is 16.2. The fourth-order valence-corrected chi connectivity index (χ4v) is 5.68. The van der Waals surface area contributed by atoms with Crippen molar-refractivity contribution in [3.05, 3.63) is 106 Å². The number of anilines is 2. The maximum atomic E-state index is 13.3. The number of imidazole rings is 1. The van der Waals surface area contributed by atoms with E-state index in [9.17, 15) is 14.4 Å². The highest BCUT2D eigenvalue weighted by Crippen LogP contribution is 2.46. The number of carbonyl (C=O) groups excluding carboxylic acids is 2. The molecule has 1 unspecified atom stereocenters. The maximum absolute atomic E-state index is 13.3. The van der Waals surface area contributed by atoms with Crippen LogP contribution in [0.2, 0.25) is 0 Å². The van der Waals surface area contributed by atoms with Crippen molar-refractivity contribution in [2.24, 2.45) is 0 Å². The van der Waals surface area contributed by atoms with Crippen molar-refractivity contribution in [1.29, 1.82) is 0 Å². The number of rotatable bonds is 4. The number of nitrogens with one attached hydrogen (secondary N) is 2. The molecule has 2 aliphatic rings. The first-order valence-electron chi connectivity index (χ1n) is 12.2. The van der Waals surface area contributed by atoms with E-state index < -0.39 is 5.41 Å². The van der Waals surface area contributed by atoms with E-state index in [0.29, 0.717) is 41.2 Å². The Morgan fingerprint density at radius 2 is 1.76 bits per heavy atom. The fraction of sp³-hybridized carbons (Fsp3) is 0.143. The first-order chi connectivity index (χ1) is 18.5. The minimum absolute atomic E-state index is 0.0492. The molecule has 0 saturated heterocycles. The summed E-state index contributed by atoms with van der Waals surface area (Å²) in [5.74, 6) is 0.611. The molecule has 1 aliphatic heterocycles. The van der Waals surface area contributed by atoms with Gasteiger partial charge in [-0.15, -0.1) is 5.10 Å². The van der Waals surface area contributed by atoms with Crippen molar-refractivity contribution in [1.82, 2.24) is 24.3 Å². The Morgan fingerprint density at radius 1 is 0.947 bits per heavy atom. The van der Waals surface area contributed by atoms with Gasteiger partial charge in [0.1, 0.15) is 12.4 Å². The molecular formula is C28H21N7O3. The molecule has 2 amide bonds. The zero-order valence-electron chi connectivity index (χ0n) is 20.1. The summed E-state index contributed by atoms with van der Waals surface area (Å²) in [6.07, 6.45) is 4.32. The maximum Gasteiger partial charge on any atom is 0.335 e. The van der Waals surface area contributed by atoms with Gasteiger partial charge in [0.05, 0.1) is 16.4 Å². The van der Waals surface area contributed by atoms with Gasteiger partial charge in [0, 0.05) is 23.6 Å². The summed E-state index contributed by atoms with van der Waals surface area (Å²) in [7, 11) is 0. The monoisotopic (exact) mass is 503 g/mol. The molecule has 10 heteroatoms. The summed E-state index contributed by atoms with van der Waals surface area (Å²) in [6.45, 7) is -0.172. The molecule has 0 fully saturated rings. The van der Waals surface area contributed by atoms with Crippen LogP contribution < -0.4 is 16.3 Å². The Kier molecular flexibility index (Phi) is 4.77. The molecular weight excluding hydrogens is 482 g/mol. The van der Waals surface area contributed by atoms with Gasteiger partial charge >= 0.3 is 5.69 Å². The number of para-hydroxylation sites is 2. The van der Waals surface area contributed by atoms with Crippen LogP contribution in [0, 0.1) is 0 Å². The lowest BCUT2D eigenvalue weighted by atomic mass is 9.79. The van der Waals surface area contributed by atoms with Gasteiger partial charge in [-0.05, 0) is 66.4 Å². The Bertz CT molecular complexity index is 1830. The van der Waals surface area contributed by atoms with E-state index in [1.165, 1.54) is 15.3 Å². The normalized spacial score (nSPS) is 17.4. The molecule has 10 nitrogen and oxygen atoms in total. The van der Waals surface area contributed by atoms with Gasteiger partial charge in [0.15, 0.2) is 5.82 Å². The van der Waals surface area contributed by atoms with Crippen molar-refractivity contribution < 1.29 is 9.59 Å². The van der Waals surface area contributed by atoms with E-state index in [2.05, 4.69) is 25.8 Å². The third-order valence-corrected chi connectivity index (χ3v) is 7.39. The number of hydrogen-bond donors (Lipinski definition) is 2. The molecule has 1 spiro atoms. The predicted octanol–water partition coefficient (Wildman–Crippen LogP) is 2.60. The number of pyridine rings is 1. The molecule has 2 aromatic carbocycles. The number of aromatic nitrogens is 5. The Balaban J connectivity index is 1.16. The van der Waals surface area contributed by atoms with E-state index in [0.717, 1.165) is 16.7 Å². The summed E-state index contributed by atoms with van der Waals surface area (Å²) in [5, 5.41) is 13.8. The standard InChI is InChI=1S/C28H21N7O3/c36-24(16-34-21-6-1-2-7-22(21)35(27(34)38)23-8-4-12-30-33-23)31-19-10-9-17-14-28(15-18(17)13-19)20-5-3-11-29-25(20)32-26(28)37/h1-13H,14-16H2,(H,31,36)(H,29,32,37). The summed E-state index contributed by atoms with van der Waals surface area (Å²) in [5.41, 5.74) is 3.80. The molecule has 7 rings (SSSR count). The van der Waals surface area contributed by atoms with Crippen LogP contribution in [-0.2, 0) is 34.4 Å². The highest BCUT2D eigenvalue weighted by molar-refractivity contribution is 6.06. The quantitative estimate of drug-likeness (QED) is 0.389. The summed E-state index contributed by atoms with van der Waals surface area (Å²) >= 11 is 0. The number of carbonyl (C=O) groups is 2. The van der Waals surface area contributed by atoms with Gasteiger partial charge in [0.25, 0.3) is 0 Å². The van der Waals surface area contributed by atoms with Gasteiger partial charge in [-0.3, -0.25) is 14.2 Å². The first-order valence-corrected chi connectivity index (χ1v) is 12.2. The number of fused-ring (bicyclic) bond motifs is 4. The predicted molar refractivity (Wildman–Crippen MR) is 140 cm³/mol. The van der Waals surface area contributed by atoms with Crippen molar-refractivity contribution in [3.63, 3.8) is 0 Å². The van der Waals surface area contributed by atoms with Gasteiger partial charge in [0.2, 0.25) is 11.8 Å². The van der Waals surface area contributed by atoms with Gasteiger partial charge in [-0.2, -0.15) is 5.10 Å². The summed E-state index contributed by atoms with van der Waals surface area (Å²) in [6, 6.07) is 20.1. The second-order valence-corrected chi connectivity index (χ2v) is 9.60. The van der Waals surface area contributed by atoms with Crippen molar-refractivity contribution in [3.8, 4) is 5.82 Å². The molecule has 186 valence electrons. The smallest absolute Gasteiger partial charge is 0.325 e. The summed E-state index contributed by atoms with van der Waals surface area (Å²) < 4.78 is 2.87. The zero-order valence-corrected chi connectivity index (χ0v) is 20.1. The van der Waals surface area contributed by atoms with Crippen LogP contribution in [-0.4, -0.2) is 36.1 Å². The molecule has 2 N–H and O–H groups in total. The SMILES string of the molecule is O=C(Cn1c(=O)n(-c2cccnn2)c2ccccc21)Nc1ccc2c(c1)CC1(C2)C(=O)Nc2ncccc21. The summed E-state index contributed by atoms with van der Waals surface area (Å²) in [4.78, 5) is 43.7. The lowest BCUT2D eigenvalue weighted by Crippen LogP contribution is -2.35. The van der Waals surface area contributed by atoms with Crippen molar-refractivity contribution >= 4 is 34.4 Å². The average Bonchev–Trinajstić information content (AvgIpc) is 3.54. The Labute approximate surface area is 216 Å². The van der Waals surface area contributed by atoms with E-state index in [1.54, 1.807) is 24.4 Å². The van der Waals surface area contributed by atoms with Crippen molar-refractivity contribution in [2.45, 2.75) is 24.8 Å². The highest BCUT2D eigenvalue weighted by Gasteiger charge is 2.51. The molecule has 5 aromatic rings. The number of nitrogens with zero attached hydrogens (tertiary/aromatic N) is 5. The second kappa shape index (κ2) is 8.20. The largest absolute Gasteiger partial charge is 0.335 e. The van der Waals surface area contributed by atoms with Gasteiger partial charge in [-0.1, -0.05) is 24.3 Å². The Morgan fingerprint density at radius 3 is 2.61 bits per heavy atom. The van der Waals surface area contributed by atoms with Crippen LogP contribution in [0.25, 0.3) is 16.9 Å². The topological polar surface area (TPSA) is 124 Å². The van der Waals surface area contributed by atoms with E-state index >= 15 is 0 Å². The number of benzene rings is 2. The zero-order chi connectivity index (χ0) is 25.9. The molecule has 3 aromatic heterocycles. The van der Waals surface area contributed by atoms with Crippen LogP contribution in [0.1, 0.15) is 16.7 Å². The Hall–Kier alpha value is -5.12. The number of hydrogen-bond acceptors (Lipinski definition) is 6. The van der Waals surface area contributed by atoms with Gasteiger partial charge < -0.3 is 10.6 Å². The van der Waals surface area contributed by atoms with Gasteiger partial charge in [-0.25, -0.2) is 14.3 Å². The number of amides is 2. The van der Waals surface area contributed by atoms with Crippen LogP contribution in [0.5, 0.6) is 0 Å². The lowest BCUT2D eigenvalue weighted by Gasteiger charge is -2.20. The average molecular weight is 504 g/mol. The minimum atomic E-state index is -0.677. The van der Waals surface area contributed by atoms with Crippen LogP contribution in [0.4, 0.5) is 11.5 Å². The van der Waals surface area contributed by atoms with E-state index in [4.69, 9.17) is 0 Å². The van der Waals surface area contributed by atoms with E-state index in [1.807, 2.05) is 48.5 Å². The van der Waals surface area contributed by atoms with E-state index in [-0.39, 0.29) is 24.0 Å². The molecule has 4 heterocycles. The second-order valence-electron chi connectivity index (χ2n) is 9.60. The van der Waals surface area contributed by atoms with Crippen LogP contribution in [0.15, 0.2) is 83.9 Å². The first kappa shape index (κ1) is 22.1. The fourth-order valence-electron chi connectivity index (χ4n) is 5.68. The minimum Gasteiger partial charge on any atom is -0.325 e. The molecule has 38 heavy (non-hydrogen) atoms. The van der Waals surface area contributed by atoms with Crippen molar-refractivity contribution in [2.75, 3.05) is 10.6 Å². The molecule has 0 radical (unpaired) electrons. The molecule has 0 bridgehead atoms. The lowest BCUT2D eigenvalue weighted by molar-refractivity contribution is -0.120. The molecule has 0 saturated carbocycles. The van der Waals surface area contributed by atoms with Crippen LogP contribution in [0.3, 0.4) is 0 Å². The molecule has 1 aliphatic carbocycles. The molecule has 1 atom stereocenters.